The first-order valence-electron chi connectivity index (χ1n) is 6.30. The summed E-state index contributed by atoms with van der Waals surface area (Å²) in [6.07, 6.45) is 0.979. The highest BCUT2D eigenvalue weighted by Crippen LogP contribution is 2.27. The fourth-order valence-electron chi connectivity index (χ4n) is 1.87. The van der Waals surface area contributed by atoms with Gasteiger partial charge >= 0.3 is 0 Å². The zero-order valence-corrected chi connectivity index (χ0v) is 12.0. The van der Waals surface area contributed by atoms with Gasteiger partial charge in [-0.25, -0.2) is 4.98 Å². The summed E-state index contributed by atoms with van der Waals surface area (Å²) in [5.41, 5.74) is 2.81. The molecule has 6 heteroatoms. The van der Waals surface area contributed by atoms with Crippen LogP contribution in [0.25, 0.3) is 10.2 Å². The van der Waals surface area contributed by atoms with Crippen molar-refractivity contribution in [2.45, 2.75) is 20.3 Å². The van der Waals surface area contributed by atoms with Crippen LogP contribution in [0.15, 0.2) is 28.8 Å². The summed E-state index contributed by atoms with van der Waals surface area (Å²) < 4.78 is 5.99. The number of anilines is 1. The predicted octanol–water partition coefficient (Wildman–Crippen LogP) is 3.41. The van der Waals surface area contributed by atoms with Crippen molar-refractivity contribution < 1.29 is 9.32 Å². The highest BCUT2D eigenvalue weighted by Gasteiger charge is 2.14. The van der Waals surface area contributed by atoms with Crippen molar-refractivity contribution in [3.8, 4) is 0 Å². The molecule has 0 radical (unpaired) electrons. The average Bonchev–Trinajstić information content (AvgIpc) is 3.03. The van der Waals surface area contributed by atoms with Crippen molar-refractivity contribution >= 4 is 32.6 Å². The summed E-state index contributed by atoms with van der Waals surface area (Å²) in [5.74, 6) is -0.142. The van der Waals surface area contributed by atoms with Crippen molar-refractivity contribution in [3.63, 3.8) is 0 Å². The highest BCUT2D eigenvalue weighted by molar-refractivity contribution is 7.22. The number of hydrogen-bond donors (Lipinski definition) is 1. The third-order valence-electron chi connectivity index (χ3n) is 2.93. The van der Waals surface area contributed by atoms with E-state index < -0.39 is 0 Å². The van der Waals surface area contributed by atoms with Gasteiger partial charge in [-0.15, -0.1) is 0 Å². The maximum Gasteiger partial charge on any atom is 0.296 e. The number of aryl methyl sites for hydroxylation is 2. The van der Waals surface area contributed by atoms with Crippen LogP contribution in [0.3, 0.4) is 0 Å². The number of carbonyl (C=O) groups excluding carboxylic acids is 1. The minimum Gasteiger partial charge on any atom is -0.351 e. The Balaban J connectivity index is 1.85. The molecule has 1 amide bonds. The molecule has 0 saturated carbocycles. The van der Waals surface area contributed by atoms with Crippen molar-refractivity contribution in [1.29, 1.82) is 0 Å². The van der Waals surface area contributed by atoms with E-state index >= 15 is 0 Å². The molecule has 0 bridgehead atoms. The molecule has 2 heterocycles. The van der Waals surface area contributed by atoms with Gasteiger partial charge in [0.2, 0.25) is 5.76 Å². The summed E-state index contributed by atoms with van der Waals surface area (Å²) in [7, 11) is 0. The minimum absolute atomic E-state index is 0.191. The molecule has 0 unspecified atom stereocenters. The van der Waals surface area contributed by atoms with Crippen molar-refractivity contribution in [2.24, 2.45) is 0 Å². The lowest BCUT2D eigenvalue weighted by molar-refractivity contribution is 0.0988. The normalized spacial score (nSPS) is 10.9. The van der Waals surface area contributed by atoms with Gasteiger partial charge in [-0.1, -0.05) is 29.5 Å². The number of benzene rings is 1. The zero-order valence-electron chi connectivity index (χ0n) is 11.1. The van der Waals surface area contributed by atoms with E-state index in [1.54, 1.807) is 13.0 Å². The number of amides is 1. The Labute approximate surface area is 119 Å². The van der Waals surface area contributed by atoms with E-state index in [1.165, 1.54) is 16.9 Å². The fraction of sp³-hybridized carbons (Fsp3) is 0.214. The van der Waals surface area contributed by atoms with Gasteiger partial charge in [0.25, 0.3) is 5.91 Å². The molecule has 0 spiro atoms. The molecule has 0 fully saturated rings. The molecule has 5 nitrogen and oxygen atoms in total. The van der Waals surface area contributed by atoms with Crippen LogP contribution in [-0.2, 0) is 6.42 Å². The topological polar surface area (TPSA) is 68.0 Å². The summed E-state index contributed by atoms with van der Waals surface area (Å²) >= 11 is 1.45. The van der Waals surface area contributed by atoms with Gasteiger partial charge in [0.1, 0.15) is 0 Å². The number of aromatic nitrogens is 2. The van der Waals surface area contributed by atoms with Crippen molar-refractivity contribution in [1.82, 2.24) is 10.1 Å². The van der Waals surface area contributed by atoms with Gasteiger partial charge in [-0.05, 0) is 31.0 Å². The van der Waals surface area contributed by atoms with E-state index in [0.717, 1.165) is 16.6 Å². The zero-order chi connectivity index (χ0) is 14.1. The quantitative estimate of drug-likeness (QED) is 0.801. The van der Waals surface area contributed by atoms with Crippen LogP contribution in [0.2, 0.25) is 0 Å². The maximum atomic E-state index is 11.9. The summed E-state index contributed by atoms with van der Waals surface area (Å²) in [6, 6.07) is 7.71. The number of nitrogens with one attached hydrogen (secondary N) is 1. The van der Waals surface area contributed by atoms with Crippen LogP contribution in [0.1, 0.15) is 28.7 Å². The molecule has 0 atom stereocenters. The van der Waals surface area contributed by atoms with Crippen LogP contribution in [0.5, 0.6) is 0 Å². The van der Waals surface area contributed by atoms with Gasteiger partial charge < -0.3 is 4.52 Å². The Morgan fingerprint density at radius 3 is 2.95 bits per heavy atom. The standard InChI is InChI=1S/C14H13N3O2S/c1-3-9-4-5-10-12(7-9)20-14(15-10)16-13(18)11-6-8(2)17-19-11/h4-7H,3H2,1-2H3,(H,15,16,18). The number of thiazole rings is 1. The van der Waals surface area contributed by atoms with Crippen LogP contribution in [0, 0.1) is 6.92 Å². The first kappa shape index (κ1) is 12.8. The van der Waals surface area contributed by atoms with E-state index in [1.807, 2.05) is 12.1 Å². The third-order valence-corrected chi connectivity index (χ3v) is 3.87. The van der Waals surface area contributed by atoms with Crippen molar-refractivity contribution in [2.75, 3.05) is 5.32 Å². The van der Waals surface area contributed by atoms with E-state index in [4.69, 9.17) is 4.52 Å². The third kappa shape index (κ3) is 2.42. The van der Waals surface area contributed by atoms with E-state index in [0.29, 0.717) is 10.8 Å². The Bertz CT molecular complexity index is 776. The molecule has 0 saturated heterocycles. The molecule has 1 N–H and O–H groups in total. The Hall–Kier alpha value is -2.21. The van der Waals surface area contributed by atoms with Crippen molar-refractivity contribution in [3.05, 3.63) is 41.3 Å². The van der Waals surface area contributed by atoms with E-state index in [9.17, 15) is 4.79 Å². The number of carbonyl (C=O) groups is 1. The lowest BCUT2D eigenvalue weighted by Gasteiger charge is -1.95. The van der Waals surface area contributed by atoms with Gasteiger partial charge in [0.05, 0.1) is 15.9 Å². The van der Waals surface area contributed by atoms with Crippen LogP contribution in [0.4, 0.5) is 5.13 Å². The second-order valence-electron chi connectivity index (χ2n) is 4.46. The van der Waals surface area contributed by atoms with Gasteiger partial charge in [-0.2, -0.15) is 0 Å². The predicted molar refractivity (Wildman–Crippen MR) is 78.2 cm³/mol. The SMILES string of the molecule is CCc1ccc2nc(NC(=O)c3cc(C)no3)sc2c1. The van der Waals surface area contributed by atoms with E-state index in [-0.39, 0.29) is 11.7 Å². The average molecular weight is 287 g/mol. The monoisotopic (exact) mass is 287 g/mol. The fourth-order valence-corrected chi connectivity index (χ4v) is 2.80. The molecule has 3 aromatic rings. The van der Waals surface area contributed by atoms with Gasteiger partial charge in [-0.3, -0.25) is 10.1 Å². The largest absolute Gasteiger partial charge is 0.351 e. The number of nitrogens with zero attached hydrogens (tertiary/aromatic N) is 2. The lowest BCUT2D eigenvalue weighted by Crippen LogP contribution is -2.10. The number of hydrogen-bond acceptors (Lipinski definition) is 5. The molecule has 3 rings (SSSR count). The molecule has 0 aliphatic rings. The van der Waals surface area contributed by atoms with Crippen LogP contribution < -0.4 is 5.32 Å². The first-order valence-corrected chi connectivity index (χ1v) is 7.11. The Morgan fingerprint density at radius 1 is 1.40 bits per heavy atom. The second kappa shape index (κ2) is 5.05. The van der Waals surface area contributed by atoms with Crippen LogP contribution in [-0.4, -0.2) is 16.0 Å². The molecule has 20 heavy (non-hydrogen) atoms. The highest BCUT2D eigenvalue weighted by atomic mass is 32.1. The molecule has 0 aliphatic carbocycles. The molecular formula is C14H13N3O2S. The number of fused-ring (bicyclic) bond motifs is 1. The van der Waals surface area contributed by atoms with Gasteiger partial charge in [0, 0.05) is 6.07 Å². The molecule has 102 valence electrons. The Morgan fingerprint density at radius 2 is 2.25 bits per heavy atom. The Kier molecular flexibility index (Phi) is 3.23. The summed E-state index contributed by atoms with van der Waals surface area (Å²) in [6.45, 7) is 3.88. The smallest absolute Gasteiger partial charge is 0.296 e. The molecule has 1 aromatic carbocycles. The first-order chi connectivity index (χ1) is 9.65. The maximum absolute atomic E-state index is 11.9. The van der Waals surface area contributed by atoms with E-state index in [2.05, 4.69) is 28.4 Å². The number of rotatable bonds is 3. The molecular weight excluding hydrogens is 274 g/mol. The lowest BCUT2D eigenvalue weighted by atomic mass is 10.2. The minimum atomic E-state index is -0.333. The van der Waals surface area contributed by atoms with Crippen LogP contribution >= 0.6 is 11.3 Å². The summed E-state index contributed by atoms with van der Waals surface area (Å²) in [5, 5.41) is 6.99. The second-order valence-corrected chi connectivity index (χ2v) is 5.49. The molecule has 2 aromatic heterocycles. The van der Waals surface area contributed by atoms with Gasteiger partial charge in [0.15, 0.2) is 5.13 Å². The summed E-state index contributed by atoms with van der Waals surface area (Å²) in [4.78, 5) is 16.3. The molecule has 0 aliphatic heterocycles.